The van der Waals surface area contributed by atoms with Gasteiger partial charge in [0, 0.05) is 24.9 Å². The standard InChI is InChI=1S/C17H30N2O2S/c1-13(2)9-16(4-5-16)11-18-15(20)19-14-3-7-21-17(10-14)6-8-22-12-17/h13-14H,3-12H2,1-2H3,(H2,18,19,20). The maximum Gasteiger partial charge on any atom is 0.315 e. The number of hydrogen-bond donors (Lipinski definition) is 2. The van der Waals surface area contributed by atoms with Gasteiger partial charge in [-0.1, -0.05) is 13.8 Å². The van der Waals surface area contributed by atoms with Gasteiger partial charge in [0.05, 0.1) is 5.60 Å². The molecule has 2 aliphatic heterocycles. The molecule has 126 valence electrons. The van der Waals surface area contributed by atoms with Gasteiger partial charge in [-0.05, 0) is 55.6 Å². The molecule has 1 saturated carbocycles. The molecule has 1 spiro atoms. The molecule has 5 heteroatoms. The van der Waals surface area contributed by atoms with Crippen LogP contribution in [0.15, 0.2) is 0 Å². The molecular formula is C17H30N2O2S. The minimum absolute atomic E-state index is 0.0164. The van der Waals surface area contributed by atoms with E-state index in [0.717, 1.165) is 38.2 Å². The minimum Gasteiger partial charge on any atom is -0.374 e. The zero-order valence-electron chi connectivity index (χ0n) is 14.0. The average molecular weight is 327 g/mol. The van der Waals surface area contributed by atoms with Crippen LogP contribution in [0.1, 0.15) is 52.4 Å². The van der Waals surface area contributed by atoms with Crippen LogP contribution in [-0.4, -0.2) is 42.3 Å². The SMILES string of the molecule is CC(C)CC1(CNC(=O)NC2CCOC3(CCSC3)C2)CC1. The number of urea groups is 1. The van der Waals surface area contributed by atoms with Crippen LogP contribution in [0.3, 0.4) is 0 Å². The third-order valence-corrected chi connectivity index (χ3v) is 6.54. The molecule has 22 heavy (non-hydrogen) atoms. The van der Waals surface area contributed by atoms with Gasteiger partial charge in [-0.25, -0.2) is 4.79 Å². The first-order valence-corrected chi connectivity index (χ1v) is 9.93. The van der Waals surface area contributed by atoms with E-state index in [1.54, 1.807) is 0 Å². The Morgan fingerprint density at radius 1 is 1.36 bits per heavy atom. The Morgan fingerprint density at radius 3 is 2.82 bits per heavy atom. The van der Waals surface area contributed by atoms with Crippen molar-refractivity contribution in [3.05, 3.63) is 0 Å². The third-order valence-electron chi connectivity index (χ3n) is 5.32. The molecule has 2 heterocycles. The highest BCUT2D eigenvalue weighted by atomic mass is 32.2. The van der Waals surface area contributed by atoms with E-state index in [4.69, 9.17) is 4.74 Å². The second kappa shape index (κ2) is 6.60. The number of nitrogens with one attached hydrogen (secondary N) is 2. The molecule has 4 nitrogen and oxygen atoms in total. The number of rotatable bonds is 5. The Labute approximate surface area is 138 Å². The first-order valence-electron chi connectivity index (χ1n) is 8.77. The van der Waals surface area contributed by atoms with Gasteiger partial charge >= 0.3 is 6.03 Å². The highest BCUT2D eigenvalue weighted by Gasteiger charge is 2.43. The van der Waals surface area contributed by atoms with Crippen LogP contribution in [0.4, 0.5) is 4.79 Å². The molecule has 3 fully saturated rings. The Hall–Kier alpha value is -0.420. The maximum atomic E-state index is 12.2. The molecule has 0 aromatic heterocycles. The van der Waals surface area contributed by atoms with Gasteiger partial charge in [-0.15, -0.1) is 0 Å². The molecule has 1 aliphatic carbocycles. The smallest absolute Gasteiger partial charge is 0.315 e. The second-order valence-corrected chi connectivity index (χ2v) is 9.05. The van der Waals surface area contributed by atoms with Crippen LogP contribution in [0, 0.1) is 11.3 Å². The maximum absolute atomic E-state index is 12.2. The van der Waals surface area contributed by atoms with Crippen molar-refractivity contribution >= 4 is 17.8 Å². The third kappa shape index (κ3) is 4.10. The summed E-state index contributed by atoms with van der Waals surface area (Å²) in [6.45, 7) is 6.15. The van der Waals surface area contributed by atoms with Crippen LogP contribution in [0.25, 0.3) is 0 Å². The predicted octanol–water partition coefficient (Wildman–Crippen LogP) is 3.17. The molecule has 0 aromatic rings. The second-order valence-electron chi connectivity index (χ2n) is 7.95. The molecule has 3 rings (SSSR count). The van der Waals surface area contributed by atoms with Gasteiger partial charge in [0.25, 0.3) is 0 Å². The lowest BCUT2D eigenvalue weighted by Gasteiger charge is -2.38. The van der Waals surface area contributed by atoms with E-state index in [1.165, 1.54) is 25.0 Å². The predicted molar refractivity (Wildman–Crippen MR) is 91.3 cm³/mol. The lowest BCUT2D eigenvalue weighted by molar-refractivity contribution is -0.0684. The molecule has 0 aromatic carbocycles. The van der Waals surface area contributed by atoms with E-state index in [1.807, 2.05) is 11.8 Å². The number of ether oxygens (including phenoxy) is 1. The fourth-order valence-corrected chi connectivity index (χ4v) is 5.39. The molecule has 2 atom stereocenters. The topological polar surface area (TPSA) is 50.4 Å². The van der Waals surface area contributed by atoms with Crippen molar-refractivity contribution in [2.24, 2.45) is 11.3 Å². The van der Waals surface area contributed by atoms with Gasteiger partial charge in [-0.2, -0.15) is 11.8 Å². The zero-order valence-corrected chi connectivity index (χ0v) is 14.8. The number of thioether (sulfide) groups is 1. The van der Waals surface area contributed by atoms with E-state index in [2.05, 4.69) is 24.5 Å². The van der Waals surface area contributed by atoms with E-state index in [9.17, 15) is 4.79 Å². The number of amides is 2. The van der Waals surface area contributed by atoms with E-state index in [0.29, 0.717) is 11.3 Å². The van der Waals surface area contributed by atoms with Crippen molar-refractivity contribution in [1.29, 1.82) is 0 Å². The summed E-state index contributed by atoms with van der Waals surface area (Å²) in [7, 11) is 0. The zero-order chi connectivity index (χ0) is 15.6. The monoisotopic (exact) mass is 326 g/mol. The fraction of sp³-hybridized carbons (Fsp3) is 0.941. The van der Waals surface area contributed by atoms with Crippen LogP contribution in [0.2, 0.25) is 0 Å². The van der Waals surface area contributed by atoms with Gasteiger partial charge in [0.15, 0.2) is 0 Å². The molecule has 2 N–H and O–H groups in total. The van der Waals surface area contributed by atoms with Gasteiger partial charge in [0.1, 0.15) is 0 Å². The molecule has 2 saturated heterocycles. The molecular weight excluding hydrogens is 296 g/mol. The summed E-state index contributed by atoms with van der Waals surface area (Å²) in [6.07, 6.45) is 6.81. The summed E-state index contributed by atoms with van der Waals surface area (Å²) in [5.74, 6) is 2.99. The first-order chi connectivity index (χ1) is 10.5. The van der Waals surface area contributed by atoms with Gasteiger partial charge in [-0.3, -0.25) is 0 Å². The summed E-state index contributed by atoms with van der Waals surface area (Å²) in [5.41, 5.74) is 0.431. The summed E-state index contributed by atoms with van der Waals surface area (Å²) in [6, 6.07) is 0.287. The average Bonchev–Trinajstić information content (AvgIpc) is 3.08. The van der Waals surface area contributed by atoms with Crippen molar-refractivity contribution in [2.45, 2.75) is 64.0 Å². The van der Waals surface area contributed by atoms with E-state index >= 15 is 0 Å². The molecule has 0 radical (unpaired) electrons. The van der Waals surface area contributed by atoms with Crippen molar-refractivity contribution in [3.63, 3.8) is 0 Å². The fourth-order valence-electron chi connectivity index (χ4n) is 4.01. The number of hydrogen-bond acceptors (Lipinski definition) is 3. The van der Waals surface area contributed by atoms with E-state index in [-0.39, 0.29) is 17.7 Å². The molecule has 0 bridgehead atoms. The summed E-state index contributed by atoms with van der Waals surface area (Å²) < 4.78 is 6.01. The largest absolute Gasteiger partial charge is 0.374 e. The normalized spacial score (nSPS) is 33.1. The summed E-state index contributed by atoms with van der Waals surface area (Å²) in [4.78, 5) is 12.2. The summed E-state index contributed by atoms with van der Waals surface area (Å²) in [5, 5.41) is 6.31. The molecule has 2 amide bonds. The van der Waals surface area contributed by atoms with Crippen molar-refractivity contribution < 1.29 is 9.53 Å². The first kappa shape index (κ1) is 16.4. The van der Waals surface area contributed by atoms with Crippen molar-refractivity contribution in [2.75, 3.05) is 24.7 Å². The van der Waals surface area contributed by atoms with Gasteiger partial charge < -0.3 is 15.4 Å². The van der Waals surface area contributed by atoms with E-state index < -0.39 is 0 Å². The van der Waals surface area contributed by atoms with Crippen LogP contribution in [-0.2, 0) is 4.74 Å². The highest BCUT2D eigenvalue weighted by molar-refractivity contribution is 7.99. The Morgan fingerprint density at radius 2 is 2.18 bits per heavy atom. The lowest BCUT2D eigenvalue weighted by Crippen LogP contribution is -2.51. The highest BCUT2D eigenvalue weighted by Crippen LogP contribution is 2.50. The van der Waals surface area contributed by atoms with Crippen LogP contribution >= 0.6 is 11.8 Å². The van der Waals surface area contributed by atoms with Crippen LogP contribution < -0.4 is 10.6 Å². The molecule has 2 unspecified atom stereocenters. The summed E-state index contributed by atoms with van der Waals surface area (Å²) >= 11 is 1.97. The minimum atomic E-state index is 0.0164. The van der Waals surface area contributed by atoms with Crippen molar-refractivity contribution in [1.82, 2.24) is 10.6 Å². The van der Waals surface area contributed by atoms with Gasteiger partial charge in [0.2, 0.25) is 0 Å². The Kier molecular flexibility index (Phi) is 4.93. The Balaban J connectivity index is 1.42. The van der Waals surface area contributed by atoms with Crippen LogP contribution in [0.5, 0.6) is 0 Å². The Bertz CT molecular complexity index is 403. The number of carbonyl (C=O) groups is 1. The molecule has 3 aliphatic rings. The van der Waals surface area contributed by atoms with Crippen molar-refractivity contribution in [3.8, 4) is 0 Å². The lowest BCUT2D eigenvalue weighted by atomic mass is 9.90. The number of carbonyl (C=O) groups excluding carboxylic acids is 1. The quantitative estimate of drug-likeness (QED) is 0.816.